The van der Waals surface area contributed by atoms with Crippen LogP contribution in [0.2, 0.25) is 0 Å². The van der Waals surface area contributed by atoms with Crippen molar-refractivity contribution in [3.8, 4) is 0 Å². The van der Waals surface area contributed by atoms with Gasteiger partial charge in [-0.1, -0.05) is 0 Å². The highest BCUT2D eigenvalue weighted by molar-refractivity contribution is 5.39. The van der Waals surface area contributed by atoms with Crippen molar-refractivity contribution >= 4 is 5.69 Å². The van der Waals surface area contributed by atoms with E-state index < -0.39 is 0 Å². The van der Waals surface area contributed by atoms with Crippen molar-refractivity contribution < 1.29 is 0 Å². The summed E-state index contributed by atoms with van der Waals surface area (Å²) in [5, 5.41) is 10.6. The highest BCUT2D eigenvalue weighted by Crippen LogP contribution is 2.61. The van der Waals surface area contributed by atoms with Crippen LogP contribution in [0.5, 0.6) is 0 Å². The van der Waals surface area contributed by atoms with Gasteiger partial charge in [-0.05, 0) is 68.6 Å². The molecule has 1 aromatic heterocycles. The maximum absolute atomic E-state index is 4.03. The fourth-order valence-corrected chi connectivity index (χ4v) is 5.44. The van der Waals surface area contributed by atoms with E-state index in [1.54, 1.807) is 0 Å². The number of hydrogen-bond donors (Lipinski definition) is 2. The van der Waals surface area contributed by atoms with Crippen LogP contribution in [0, 0.1) is 23.2 Å². The Morgan fingerprint density at radius 2 is 1.83 bits per heavy atom. The largest absolute Gasteiger partial charge is 0.380 e. The highest BCUT2D eigenvalue weighted by Gasteiger charge is 2.53. The number of aromatic amines is 1. The summed E-state index contributed by atoms with van der Waals surface area (Å²) in [4.78, 5) is 0. The molecule has 0 radical (unpaired) electrons. The smallest absolute Gasteiger partial charge is 0.0726 e. The van der Waals surface area contributed by atoms with Crippen molar-refractivity contribution in [2.45, 2.75) is 51.5 Å². The van der Waals surface area contributed by atoms with E-state index >= 15 is 0 Å². The zero-order valence-corrected chi connectivity index (χ0v) is 11.2. The van der Waals surface area contributed by atoms with Crippen LogP contribution in [0.15, 0.2) is 12.4 Å². The molecule has 4 saturated carbocycles. The van der Waals surface area contributed by atoms with Crippen molar-refractivity contribution in [2.24, 2.45) is 23.2 Å². The van der Waals surface area contributed by atoms with Gasteiger partial charge in [0.05, 0.1) is 11.9 Å². The predicted molar refractivity (Wildman–Crippen MR) is 72.3 cm³/mol. The van der Waals surface area contributed by atoms with Gasteiger partial charge in [-0.25, -0.2) is 0 Å². The Morgan fingerprint density at radius 3 is 2.33 bits per heavy atom. The van der Waals surface area contributed by atoms with Crippen LogP contribution in [-0.2, 0) is 0 Å². The summed E-state index contributed by atoms with van der Waals surface area (Å²) in [5.41, 5.74) is 1.73. The van der Waals surface area contributed by atoms with E-state index in [1.807, 2.05) is 12.4 Å². The van der Waals surface area contributed by atoms with E-state index in [-0.39, 0.29) is 0 Å². The molecule has 1 atom stereocenters. The molecule has 4 aliphatic rings. The number of aromatic nitrogens is 2. The van der Waals surface area contributed by atoms with Gasteiger partial charge in [0.2, 0.25) is 0 Å². The summed E-state index contributed by atoms with van der Waals surface area (Å²) in [5.74, 6) is 3.10. The Hall–Kier alpha value is -0.990. The van der Waals surface area contributed by atoms with Crippen molar-refractivity contribution in [2.75, 3.05) is 5.32 Å². The molecule has 4 fully saturated rings. The standard InChI is InChI=1S/C15H23N3/c1-10(18-14-8-16-17-9-14)15-5-11-2-12(6-15)4-13(3-11)7-15/h8-13,18H,2-7H2,1H3,(H,16,17). The topological polar surface area (TPSA) is 40.7 Å². The summed E-state index contributed by atoms with van der Waals surface area (Å²) in [6.07, 6.45) is 12.8. The van der Waals surface area contributed by atoms with Gasteiger partial charge in [0.25, 0.3) is 0 Å². The molecule has 98 valence electrons. The number of nitrogens with zero attached hydrogens (tertiary/aromatic N) is 1. The quantitative estimate of drug-likeness (QED) is 0.856. The first-order valence-corrected chi connectivity index (χ1v) is 7.49. The molecular formula is C15H23N3. The van der Waals surface area contributed by atoms with E-state index in [9.17, 15) is 0 Å². The van der Waals surface area contributed by atoms with Gasteiger partial charge < -0.3 is 5.32 Å². The number of anilines is 1. The number of rotatable bonds is 3. The Balaban J connectivity index is 1.56. The molecule has 0 aliphatic heterocycles. The molecule has 3 heteroatoms. The highest BCUT2D eigenvalue weighted by atomic mass is 15.1. The van der Waals surface area contributed by atoms with E-state index in [0.29, 0.717) is 11.5 Å². The summed E-state index contributed by atoms with van der Waals surface area (Å²) in [6, 6.07) is 0.587. The van der Waals surface area contributed by atoms with E-state index in [2.05, 4.69) is 22.4 Å². The van der Waals surface area contributed by atoms with Crippen LogP contribution < -0.4 is 5.32 Å². The van der Waals surface area contributed by atoms with Crippen LogP contribution in [0.1, 0.15) is 45.4 Å². The minimum Gasteiger partial charge on any atom is -0.380 e. The normalized spacial score (nSPS) is 43.1. The summed E-state index contributed by atoms with van der Waals surface area (Å²) >= 11 is 0. The SMILES string of the molecule is CC(Nc1cn[nH]c1)C12CC3CC(CC(C3)C1)C2. The second-order valence-electron chi connectivity index (χ2n) is 7.13. The third-order valence-electron chi connectivity index (χ3n) is 5.89. The third kappa shape index (κ3) is 1.59. The molecule has 4 aliphatic carbocycles. The first-order valence-electron chi connectivity index (χ1n) is 7.49. The van der Waals surface area contributed by atoms with Gasteiger partial charge in [-0.15, -0.1) is 0 Å². The van der Waals surface area contributed by atoms with Gasteiger partial charge in [0.1, 0.15) is 0 Å². The van der Waals surface area contributed by atoms with Crippen molar-refractivity contribution in [3.63, 3.8) is 0 Å². The zero-order chi connectivity index (χ0) is 12.2. The molecule has 3 nitrogen and oxygen atoms in total. The molecule has 1 aromatic rings. The van der Waals surface area contributed by atoms with Gasteiger partial charge in [-0.3, -0.25) is 5.10 Å². The maximum Gasteiger partial charge on any atom is 0.0726 e. The first kappa shape index (κ1) is 10.9. The van der Waals surface area contributed by atoms with Crippen molar-refractivity contribution in [3.05, 3.63) is 12.4 Å². The number of nitrogens with one attached hydrogen (secondary N) is 2. The van der Waals surface area contributed by atoms with E-state index in [4.69, 9.17) is 0 Å². The average Bonchev–Trinajstić information content (AvgIpc) is 2.79. The van der Waals surface area contributed by atoms with Crippen LogP contribution in [-0.4, -0.2) is 16.2 Å². The molecule has 5 rings (SSSR count). The van der Waals surface area contributed by atoms with Crippen molar-refractivity contribution in [1.82, 2.24) is 10.2 Å². The Labute approximate surface area is 109 Å². The fourth-order valence-electron chi connectivity index (χ4n) is 5.44. The van der Waals surface area contributed by atoms with Gasteiger partial charge >= 0.3 is 0 Å². The van der Waals surface area contributed by atoms with E-state index in [1.165, 1.54) is 38.5 Å². The van der Waals surface area contributed by atoms with Crippen molar-refractivity contribution in [1.29, 1.82) is 0 Å². The Morgan fingerprint density at radius 1 is 1.22 bits per heavy atom. The average molecular weight is 245 g/mol. The minimum absolute atomic E-state index is 0.575. The zero-order valence-electron chi connectivity index (χ0n) is 11.2. The lowest BCUT2D eigenvalue weighted by Crippen LogP contribution is -2.52. The lowest BCUT2D eigenvalue weighted by atomic mass is 9.48. The number of hydrogen-bond acceptors (Lipinski definition) is 2. The molecule has 0 spiro atoms. The van der Waals surface area contributed by atoms with Gasteiger partial charge in [0, 0.05) is 12.2 Å². The number of H-pyrrole nitrogens is 1. The van der Waals surface area contributed by atoms with E-state index in [0.717, 1.165) is 23.4 Å². The minimum atomic E-state index is 0.575. The molecule has 0 aromatic carbocycles. The molecule has 4 bridgehead atoms. The summed E-state index contributed by atoms with van der Waals surface area (Å²) < 4.78 is 0. The van der Waals surface area contributed by atoms with Crippen LogP contribution in [0.4, 0.5) is 5.69 Å². The predicted octanol–water partition coefficient (Wildman–Crippen LogP) is 3.43. The fraction of sp³-hybridized carbons (Fsp3) is 0.800. The molecule has 0 amide bonds. The molecule has 2 N–H and O–H groups in total. The van der Waals surface area contributed by atoms with Crippen LogP contribution in [0.25, 0.3) is 0 Å². The molecule has 1 heterocycles. The molecule has 0 saturated heterocycles. The van der Waals surface area contributed by atoms with Crippen LogP contribution >= 0.6 is 0 Å². The summed E-state index contributed by atoms with van der Waals surface area (Å²) in [7, 11) is 0. The third-order valence-corrected chi connectivity index (χ3v) is 5.89. The first-order chi connectivity index (χ1) is 8.73. The Kier molecular flexibility index (Phi) is 2.27. The lowest BCUT2D eigenvalue weighted by Gasteiger charge is -2.59. The summed E-state index contributed by atoms with van der Waals surface area (Å²) in [6.45, 7) is 2.39. The Bertz CT molecular complexity index is 388. The second kappa shape index (κ2) is 3.75. The van der Waals surface area contributed by atoms with Gasteiger partial charge in [0.15, 0.2) is 0 Å². The second-order valence-corrected chi connectivity index (χ2v) is 7.13. The maximum atomic E-state index is 4.03. The molecule has 1 unspecified atom stereocenters. The molecular weight excluding hydrogens is 222 g/mol. The van der Waals surface area contributed by atoms with Gasteiger partial charge in [-0.2, -0.15) is 5.10 Å². The monoisotopic (exact) mass is 245 g/mol. The van der Waals surface area contributed by atoms with Crippen LogP contribution in [0.3, 0.4) is 0 Å². The molecule has 18 heavy (non-hydrogen) atoms. The lowest BCUT2D eigenvalue weighted by molar-refractivity contribution is -0.0602.